The molecule has 24 heavy (non-hydrogen) atoms. The van der Waals surface area contributed by atoms with Crippen molar-refractivity contribution >= 4 is 33.5 Å². The number of aromatic nitrogens is 1. The van der Waals surface area contributed by atoms with E-state index in [0.717, 1.165) is 20.8 Å². The first-order chi connectivity index (χ1) is 11.5. The smallest absolute Gasteiger partial charge is 0.246 e. The lowest BCUT2D eigenvalue weighted by molar-refractivity contribution is -0.126. The van der Waals surface area contributed by atoms with E-state index >= 15 is 0 Å². The Balaban J connectivity index is 1.73. The third kappa shape index (κ3) is 3.54. The van der Waals surface area contributed by atoms with Gasteiger partial charge in [0.05, 0.1) is 16.3 Å². The second kappa shape index (κ2) is 6.97. The second-order valence-electron chi connectivity index (χ2n) is 5.89. The first kappa shape index (κ1) is 16.4. The van der Waals surface area contributed by atoms with Gasteiger partial charge in [-0.2, -0.15) is 0 Å². The molecule has 1 heterocycles. The molecule has 4 heteroatoms. The molecule has 0 saturated heterocycles. The van der Waals surface area contributed by atoms with Gasteiger partial charge in [-0.15, -0.1) is 11.3 Å². The minimum atomic E-state index is -0.0578. The van der Waals surface area contributed by atoms with Crippen LogP contribution in [0.25, 0.3) is 16.3 Å². The standard InChI is InChI=1S/C20H20N2OS/c1-14-8-10-16(11-9-14)12-13-19(23)22(3)15(2)20-21-17-6-4-5-7-18(17)24-20/h4-13,15H,1-3H3/b13-12+/t15-/m0/s1. The van der Waals surface area contributed by atoms with E-state index in [1.807, 2.05) is 69.4 Å². The number of carbonyl (C=O) groups is 1. The zero-order valence-electron chi connectivity index (χ0n) is 14.1. The van der Waals surface area contributed by atoms with E-state index in [2.05, 4.69) is 11.1 Å². The molecule has 0 aliphatic heterocycles. The summed E-state index contributed by atoms with van der Waals surface area (Å²) in [5, 5.41) is 0.954. The number of hydrogen-bond acceptors (Lipinski definition) is 3. The molecule has 3 nitrogen and oxygen atoms in total. The van der Waals surface area contributed by atoms with Crippen LogP contribution in [0.2, 0.25) is 0 Å². The van der Waals surface area contributed by atoms with E-state index < -0.39 is 0 Å². The highest BCUT2D eigenvalue weighted by molar-refractivity contribution is 7.18. The zero-order chi connectivity index (χ0) is 17.1. The van der Waals surface area contributed by atoms with Crippen molar-refractivity contribution in [2.45, 2.75) is 19.9 Å². The SMILES string of the molecule is Cc1ccc(/C=C/C(=O)N(C)[C@@H](C)c2nc3ccccc3s2)cc1. The Labute approximate surface area is 146 Å². The number of amides is 1. The third-order valence-electron chi connectivity index (χ3n) is 4.09. The number of aryl methyl sites for hydroxylation is 1. The summed E-state index contributed by atoms with van der Waals surface area (Å²) in [5.41, 5.74) is 3.22. The fraction of sp³-hybridized carbons (Fsp3) is 0.200. The van der Waals surface area contributed by atoms with E-state index in [0.29, 0.717) is 0 Å². The van der Waals surface area contributed by atoms with Gasteiger partial charge < -0.3 is 4.90 Å². The summed E-state index contributed by atoms with van der Waals surface area (Å²) >= 11 is 1.64. The van der Waals surface area contributed by atoms with Gasteiger partial charge in [-0.05, 0) is 37.6 Å². The Morgan fingerprint density at radius 3 is 2.58 bits per heavy atom. The molecule has 0 bridgehead atoms. The Morgan fingerprint density at radius 1 is 1.17 bits per heavy atom. The number of nitrogens with zero attached hydrogens (tertiary/aromatic N) is 2. The van der Waals surface area contributed by atoms with Gasteiger partial charge in [-0.3, -0.25) is 4.79 Å². The number of para-hydroxylation sites is 1. The van der Waals surface area contributed by atoms with E-state index in [1.165, 1.54) is 5.56 Å². The van der Waals surface area contributed by atoms with Crippen LogP contribution < -0.4 is 0 Å². The first-order valence-electron chi connectivity index (χ1n) is 7.91. The van der Waals surface area contributed by atoms with E-state index in [9.17, 15) is 4.79 Å². The molecule has 1 amide bonds. The highest BCUT2D eigenvalue weighted by atomic mass is 32.1. The van der Waals surface area contributed by atoms with Crippen LogP contribution in [0.15, 0.2) is 54.6 Å². The molecule has 0 unspecified atom stereocenters. The normalized spacial score (nSPS) is 12.6. The quantitative estimate of drug-likeness (QED) is 0.639. The number of benzene rings is 2. The average molecular weight is 336 g/mol. The van der Waals surface area contributed by atoms with Crippen LogP contribution in [-0.4, -0.2) is 22.8 Å². The predicted molar refractivity (Wildman–Crippen MR) is 101 cm³/mol. The third-order valence-corrected chi connectivity index (χ3v) is 5.30. The summed E-state index contributed by atoms with van der Waals surface area (Å²) in [5.74, 6) is -0.0256. The molecule has 1 atom stereocenters. The molecule has 0 N–H and O–H groups in total. The molecule has 3 aromatic rings. The van der Waals surface area contributed by atoms with Crippen LogP contribution >= 0.6 is 11.3 Å². The van der Waals surface area contributed by atoms with Crippen molar-refractivity contribution in [3.8, 4) is 0 Å². The maximum Gasteiger partial charge on any atom is 0.246 e. The highest BCUT2D eigenvalue weighted by Crippen LogP contribution is 2.28. The molecule has 0 aliphatic rings. The van der Waals surface area contributed by atoms with Crippen LogP contribution in [0, 0.1) is 6.92 Å². The lowest BCUT2D eigenvalue weighted by atomic mass is 10.1. The van der Waals surface area contributed by atoms with Crippen molar-refractivity contribution in [3.63, 3.8) is 0 Å². The van der Waals surface area contributed by atoms with Crippen LogP contribution in [0.1, 0.15) is 29.1 Å². The lowest BCUT2D eigenvalue weighted by Gasteiger charge is -2.21. The molecule has 1 aromatic heterocycles. The fourth-order valence-electron chi connectivity index (χ4n) is 2.39. The van der Waals surface area contributed by atoms with Gasteiger partial charge in [0.25, 0.3) is 0 Å². The van der Waals surface area contributed by atoms with E-state index in [1.54, 1.807) is 22.3 Å². The molecule has 0 aliphatic carbocycles. The fourth-order valence-corrected chi connectivity index (χ4v) is 3.45. The Hall–Kier alpha value is -2.46. The average Bonchev–Trinajstić information content (AvgIpc) is 3.03. The van der Waals surface area contributed by atoms with Crippen molar-refractivity contribution in [1.82, 2.24) is 9.88 Å². The molecule has 0 saturated carbocycles. The van der Waals surface area contributed by atoms with E-state index in [4.69, 9.17) is 0 Å². The van der Waals surface area contributed by atoms with Gasteiger partial charge in [0.2, 0.25) is 5.91 Å². The van der Waals surface area contributed by atoms with Crippen LogP contribution in [-0.2, 0) is 4.79 Å². The minimum Gasteiger partial charge on any atom is -0.333 e. The first-order valence-corrected chi connectivity index (χ1v) is 8.73. The number of thiazole rings is 1. The number of carbonyl (C=O) groups excluding carboxylic acids is 1. The maximum atomic E-state index is 12.4. The van der Waals surface area contributed by atoms with Gasteiger partial charge in [-0.1, -0.05) is 42.0 Å². The number of fused-ring (bicyclic) bond motifs is 1. The topological polar surface area (TPSA) is 33.2 Å². The summed E-state index contributed by atoms with van der Waals surface area (Å²) in [6.07, 6.45) is 3.47. The lowest BCUT2D eigenvalue weighted by Crippen LogP contribution is -2.27. The predicted octanol–water partition coefficient (Wildman–Crippen LogP) is 4.84. The highest BCUT2D eigenvalue weighted by Gasteiger charge is 2.19. The van der Waals surface area contributed by atoms with Crippen LogP contribution in [0.5, 0.6) is 0 Å². The molecule has 2 aromatic carbocycles. The molecular formula is C20H20N2OS. The van der Waals surface area contributed by atoms with Gasteiger partial charge in [0, 0.05) is 13.1 Å². The van der Waals surface area contributed by atoms with E-state index in [-0.39, 0.29) is 11.9 Å². The largest absolute Gasteiger partial charge is 0.333 e. The van der Waals surface area contributed by atoms with Gasteiger partial charge in [0.1, 0.15) is 5.01 Å². The summed E-state index contributed by atoms with van der Waals surface area (Å²) in [4.78, 5) is 18.8. The van der Waals surface area contributed by atoms with Gasteiger partial charge in [-0.25, -0.2) is 4.98 Å². The second-order valence-corrected chi connectivity index (χ2v) is 6.95. The minimum absolute atomic E-state index is 0.0256. The Kier molecular flexibility index (Phi) is 4.76. The maximum absolute atomic E-state index is 12.4. The Bertz CT molecular complexity index is 847. The number of likely N-dealkylation sites (N-methyl/N-ethyl adjacent to an activating group) is 1. The van der Waals surface area contributed by atoms with Crippen molar-refractivity contribution in [3.05, 3.63) is 70.7 Å². The van der Waals surface area contributed by atoms with Gasteiger partial charge >= 0.3 is 0 Å². The summed E-state index contributed by atoms with van der Waals surface area (Å²) < 4.78 is 1.15. The zero-order valence-corrected chi connectivity index (χ0v) is 14.9. The summed E-state index contributed by atoms with van der Waals surface area (Å²) in [6.45, 7) is 4.06. The molecule has 3 rings (SSSR count). The summed E-state index contributed by atoms with van der Waals surface area (Å²) in [7, 11) is 1.82. The van der Waals surface area contributed by atoms with Crippen molar-refractivity contribution in [2.24, 2.45) is 0 Å². The van der Waals surface area contributed by atoms with Crippen molar-refractivity contribution in [1.29, 1.82) is 0 Å². The molecule has 0 radical (unpaired) electrons. The van der Waals surface area contributed by atoms with Crippen molar-refractivity contribution < 1.29 is 4.79 Å². The Morgan fingerprint density at radius 2 is 1.88 bits per heavy atom. The van der Waals surface area contributed by atoms with Gasteiger partial charge in [0.15, 0.2) is 0 Å². The monoisotopic (exact) mass is 336 g/mol. The molecule has 0 fully saturated rings. The molecule has 0 spiro atoms. The molecular weight excluding hydrogens is 316 g/mol. The van der Waals surface area contributed by atoms with Crippen LogP contribution in [0.3, 0.4) is 0 Å². The number of rotatable bonds is 4. The van der Waals surface area contributed by atoms with Crippen LogP contribution in [0.4, 0.5) is 0 Å². The van der Waals surface area contributed by atoms with Crippen molar-refractivity contribution in [2.75, 3.05) is 7.05 Å². The number of hydrogen-bond donors (Lipinski definition) is 0. The summed E-state index contributed by atoms with van der Waals surface area (Å²) in [6, 6.07) is 16.1. The molecule has 122 valence electrons.